The van der Waals surface area contributed by atoms with Gasteiger partial charge in [-0.25, -0.2) is 4.98 Å². The Morgan fingerprint density at radius 1 is 1.44 bits per heavy atom. The average molecular weight is 402 g/mol. The van der Waals surface area contributed by atoms with Gasteiger partial charge in [0.15, 0.2) is 5.16 Å². The van der Waals surface area contributed by atoms with Crippen LogP contribution in [0.25, 0.3) is 10.2 Å². The summed E-state index contributed by atoms with van der Waals surface area (Å²) in [7, 11) is 0. The molecule has 0 saturated carbocycles. The number of hydrogen-bond donors (Lipinski definition) is 0. The van der Waals surface area contributed by atoms with Gasteiger partial charge in [0, 0.05) is 29.6 Å². The Morgan fingerprint density at radius 2 is 2.33 bits per heavy atom. The lowest BCUT2D eigenvalue weighted by Crippen LogP contribution is -2.29. The molecule has 142 valence electrons. The van der Waals surface area contributed by atoms with Gasteiger partial charge in [-0.1, -0.05) is 24.8 Å². The molecular weight excluding hydrogens is 378 g/mol. The van der Waals surface area contributed by atoms with Gasteiger partial charge in [-0.05, 0) is 43.4 Å². The Hall–Kier alpha value is -1.70. The number of thiophene rings is 1. The van der Waals surface area contributed by atoms with Crippen LogP contribution in [0.4, 0.5) is 0 Å². The summed E-state index contributed by atoms with van der Waals surface area (Å²) in [6.07, 6.45) is 6.64. The summed E-state index contributed by atoms with van der Waals surface area (Å²) >= 11 is 3.22. The van der Waals surface area contributed by atoms with Crippen molar-refractivity contribution in [1.82, 2.24) is 14.5 Å². The van der Waals surface area contributed by atoms with Gasteiger partial charge in [0.2, 0.25) is 0 Å². The maximum atomic E-state index is 13.4. The quantitative estimate of drug-likeness (QED) is 0.458. The zero-order valence-corrected chi connectivity index (χ0v) is 17.2. The largest absolute Gasteiger partial charge is 0.376 e. The lowest BCUT2D eigenvalue weighted by Gasteiger charge is -2.16. The Labute approximate surface area is 166 Å². The number of rotatable bonds is 6. The SMILES string of the molecule is CCc1c(C)sc2nc(SCc3cccnc3)n(CC3CCCO3)c(=O)c12. The molecule has 0 aromatic carbocycles. The second-order valence-corrected chi connectivity index (χ2v) is 8.91. The third kappa shape index (κ3) is 3.81. The number of thioether (sulfide) groups is 1. The van der Waals surface area contributed by atoms with Crippen molar-refractivity contribution in [3.63, 3.8) is 0 Å². The molecule has 5 nitrogen and oxygen atoms in total. The molecule has 1 atom stereocenters. The predicted octanol–water partition coefficient (Wildman–Crippen LogP) is 4.20. The average Bonchev–Trinajstić information content (AvgIpc) is 3.30. The molecule has 0 bridgehead atoms. The third-order valence-corrected chi connectivity index (χ3v) is 7.02. The standard InChI is InChI=1S/C20H23N3O2S2/c1-3-16-13(2)27-18-17(16)19(24)23(11-15-7-5-9-25-15)20(22-18)26-12-14-6-4-8-21-10-14/h4,6,8,10,15H,3,5,7,9,11-12H2,1-2H3. The van der Waals surface area contributed by atoms with Crippen LogP contribution in [0.3, 0.4) is 0 Å². The van der Waals surface area contributed by atoms with Crippen LogP contribution in [0, 0.1) is 6.92 Å². The van der Waals surface area contributed by atoms with Crippen LogP contribution in [-0.2, 0) is 23.5 Å². The first-order valence-corrected chi connectivity index (χ1v) is 11.1. The maximum absolute atomic E-state index is 13.4. The van der Waals surface area contributed by atoms with E-state index in [1.165, 1.54) is 4.88 Å². The summed E-state index contributed by atoms with van der Waals surface area (Å²) < 4.78 is 7.64. The molecule has 1 fully saturated rings. The Morgan fingerprint density at radius 3 is 3.04 bits per heavy atom. The second-order valence-electron chi connectivity index (χ2n) is 6.77. The van der Waals surface area contributed by atoms with Crippen LogP contribution in [0.2, 0.25) is 0 Å². The highest BCUT2D eigenvalue weighted by Crippen LogP contribution is 2.30. The zero-order chi connectivity index (χ0) is 18.8. The molecule has 1 aliphatic heterocycles. The lowest BCUT2D eigenvalue weighted by molar-refractivity contribution is 0.0937. The normalized spacial score (nSPS) is 17.0. The highest BCUT2D eigenvalue weighted by molar-refractivity contribution is 7.98. The minimum atomic E-state index is 0.0744. The first-order chi connectivity index (χ1) is 13.2. The molecule has 0 amide bonds. The van der Waals surface area contributed by atoms with Crippen molar-refractivity contribution in [2.45, 2.75) is 56.7 Å². The minimum absolute atomic E-state index is 0.0744. The Balaban J connectivity index is 1.76. The molecule has 4 heterocycles. The molecule has 0 N–H and O–H groups in total. The van der Waals surface area contributed by atoms with Crippen molar-refractivity contribution >= 4 is 33.3 Å². The summed E-state index contributed by atoms with van der Waals surface area (Å²) in [6.45, 7) is 5.54. The number of nitrogens with zero attached hydrogens (tertiary/aromatic N) is 3. The summed E-state index contributed by atoms with van der Waals surface area (Å²) in [5.74, 6) is 0.738. The molecule has 0 radical (unpaired) electrons. The van der Waals surface area contributed by atoms with Gasteiger partial charge in [0.05, 0.1) is 18.0 Å². The summed E-state index contributed by atoms with van der Waals surface area (Å²) in [4.78, 5) is 24.5. The Kier molecular flexibility index (Phi) is 5.61. The van der Waals surface area contributed by atoms with E-state index in [-0.39, 0.29) is 11.7 Å². The fourth-order valence-corrected chi connectivity index (χ4v) is 5.65. The van der Waals surface area contributed by atoms with Crippen molar-refractivity contribution in [2.75, 3.05) is 6.61 Å². The van der Waals surface area contributed by atoms with Crippen molar-refractivity contribution in [3.8, 4) is 0 Å². The number of ether oxygens (including phenoxy) is 1. The first-order valence-electron chi connectivity index (χ1n) is 9.33. The fourth-order valence-electron chi connectivity index (χ4n) is 3.55. The van der Waals surface area contributed by atoms with E-state index in [1.54, 1.807) is 29.3 Å². The fraction of sp³-hybridized carbons (Fsp3) is 0.450. The van der Waals surface area contributed by atoms with E-state index in [9.17, 15) is 4.79 Å². The van der Waals surface area contributed by atoms with Crippen LogP contribution >= 0.6 is 23.1 Å². The number of aryl methyl sites for hydroxylation is 2. The van der Waals surface area contributed by atoms with E-state index in [1.807, 2.05) is 22.9 Å². The highest BCUT2D eigenvalue weighted by atomic mass is 32.2. The molecule has 1 aliphatic rings. The van der Waals surface area contributed by atoms with E-state index in [0.29, 0.717) is 6.54 Å². The molecule has 4 rings (SSSR count). The van der Waals surface area contributed by atoms with Crippen LogP contribution in [0.5, 0.6) is 0 Å². The van der Waals surface area contributed by atoms with Gasteiger partial charge in [-0.3, -0.25) is 14.3 Å². The van der Waals surface area contributed by atoms with E-state index in [2.05, 4.69) is 18.8 Å². The third-order valence-electron chi connectivity index (χ3n) is 4.93. The van der Waals surface area contributed by atoms with Gasteiger partial charge in [0.1, 0.15) is 4.83 Å². The van der Waals surface area contributed by atoms with Gasteiger partial charge < -0.3 is 4.74 Å². The van der Waals surface area contributed by atoms with Crippen molar-refractivity contribution in [2.24, 2.45) is 0 Å². The van der Waals surface area contributed by atoms with E-state index in [4.69, 9.17) is 9.72 Å². The molecule has 3 aromatic rings. The highest BCUT2D eigenvalue weighted by Gasteiger charge is 2.22. The van der Waals surface area contributed by atoms with E-state index < -0.39 is 0 Å². The summed E-state index contributed by atoms with van der Waals surface area (Å²) in [5, 5.41) is 1.57. The van der Waals surface area contributed by atoms with Crippen molar-refractivity contribution < 1.29 is 4.74 Å². The van der Waals surface area contributed by atoms with Gasteiger partial charge >= 0.3 is 0 Å². The van der Waals surface area contributed by atoms with E-state index in [0.717, 1.165) is 58.1 Å². The molecule has 0 aliphatic carbocycles. The van der Waals surface area contributed by atoms with Crippen molar-refractivity contribution in [1.29, 1.82) is 0 Å². The lowest BCUT2D eigenvalue weighted by atomic mass is 10.1. The number of fused-ring (bicyclic) bond motifs is 1. The minimum Gasteiger partial charge on any atom is -0.376 e. The van der Waals surface area contributed by atoms with Crippen LogP contribution in [-0.4, -0.2) is 27.2 Å². The second kappa shape index (κ2) is 8.12. The smallest absolute Gasteiger partial charge is 0.263 e. The monoisotopic (exact) mass is 401 g/mol. The Bertz CT molecular complexity index is 992. The van der Waals surface area contributed by atoms with Crippen LogP contribution in [0.15, 0.2) is 34.5 Å². The van der Waals surface area contributed by atoms with Crippen LogP contribution < -0.4 is 5.56 Å². The molecule has 1 saturated heterocycles. The van der Waals surface area contributed by atoms with Gasteiger partial charge in [-0.2, -0.15) is 0 Å². The molecule has 0 spiro atoms. The molecule has 27 heavy (non-hydrogen) atoms. The molecular formula is C20H23N3O2S2. The topological polar surface area (TPSA) is 57.0 Å². The molecule has 7 heteroatoms. The van der Waals surface area contributed by atoms with Crippen LogP contribution in [0.1, 0.15) is 35.8 Å². The zero-order valence-electron chi connectivity index (χ0n) is 15.6. The molecule has 3 aromatic heterocycles. The molecule has 1 unspecified atom stereocenters. The number of pyridine rings is 1. The first kappa shape index (κ1) is 18.7. The van der Waals surface area contributed by atoms with Gasteiger partial charge in [0.25, 0.3) is 5.56 Å². The van der Waals surface area contributed by atoms with E-state index >= 15 is 0 Å². The summed E-state index contributed by atoms with van der Waals surface area (Å²) in [6, 6.07) is 3.98. The maximum Gasteiger partial charge on any atom is 0.263 e. The van der Waals surface area contributed by atoms with Gasteiger partial charge in [-0.15, -0.1) is 11.3 Å². The number of hydrogen-bond acceptors (Lipinski definition) is 6. The summed E-state index contributed by atoms with van der Waals surface area (Å²) in [5.41, 5.74) is 2.33. The number of aromatic nitrogens is 3. The van der Waals surface area contributed by atoms with Crippen molar-refractivity contribution in [3.05, 3.63) is 50.9 Å². The predicted molar refractivity (Wildman–Crippen MR) is 111 cm³/mol.